The van der Waals surface area contributed by atoms with E-state index in [9.17, 15) is 14.4 Å². The van der Waals surface area contributed by atoms with Gasteiger partial charge in [-0.3, -0.25) is 19.1 Å². The number of nitrogens with zero attached hydrogens (tertiary/aromatic N) is 1. The van der Waals surface area contributed by atoms with Crippen LogP contribution in [0.15, 0.2) is 64.2 Å². The second-order valence-corrected chi connectivity index (χ2v) is 6.86. The van der Waals surface area contributed by atoms with Crippen molar-refractivity contribution < 1.29 is 9.53 Å². The molecule has 3 aromatic rings. The Labute approximate surface area is 168 Å². The molecule has 0 fully saturated rings. The van der Waals surface area contributed by atoms with Crippen LogP contribution in [-0.4, -0.2) is 15.3 Å². The average molecular weight is 392 g/mol. The molecule has 1 heterocycles. The van der Waals surface area contributed by atoms with Crippen LogP contribution < -0.4 is 11.2 Å². The van der Waals surface area contributed by atoms with Gasteiger partial charge in [-0.05, 0) is 24.5 Å². The van der Waals surface area contributed by atoms with Crippen LogP contribution in [0.3, 0.4) is 0 Å². The third kappa shape index (κ3) is 4.97. The number of aromatic nitrogens is 2. The zero-order valence-electron chi connectivity index (χ0n) is 16.6. The minimum Gasteiger partial charge on any atom is -0.356 e. The molecule has 1 aromatic heterocycles. The van der Waals surface area contributed by atoms with Gasteiger partial charge >= 0.3 is 5.69 Å². The Bertz CT molecular complexity index is 1100. The number of nitrogens with one attached hydrogen (secondary N) is 1. The second kappa shape index (κ2) is 9.30. The SMILES string of the molecule is CCc1c(Cc2ccccc2)n(COCc2ccc(C(C)=O)cc2)c(=O)[nH]c1=O. The molecule has 0 saturated carbocycles. The van der Waals surface area contributed by atoms with Crippen molar-refractivity contribution in [3.8, 4) is 0 Å². The Balaban J connectivity index is 1.83. The number of benzene rings is 2. The van der Waals surface area contributed by atoms with E-state index in [1.165, 1.54) is 11.5 Å². The summed E-state index contributed by atoms with van der Waals surface area (Å²) in [6.45, 7) is 3.73. The van der Waals surface area contributed by atoms with Crippen LogP contribution in [0.5, 0.6) is 0 Å². The normalized spacial score (nSPS) is 10.8. The highest BCUT2D eigenvalue weighted by Gasteiger charge is 2.14. The van der Waals surface area contributed by atoms with Crippen LogP contribution in [-0.2, 0) is 30.9 Å². The van der Waals surface area contributed by atoms with Crippen molar-refractivity contribution in [2.45, 2.75) is 40.0 Å². The summed E-state index contributed by atoms with van der Waals surface area (Å²) in [7, 11) is 0. The summed E-state index contributed by atoms with van der Waals surface area (Å²) in [5.41, 5.74) is 2.98. The zero-order valence-corrected chi connectivity index (χ0v) is 16.6. The molecule has 0 aliphatic heterocycles. The van der Waals surface area contributed by atoms with Gasteiger partial charge in [-0.2, -0.15) is 0 Å². The molecule has 0 amide bonds. The average Bonchev–Trinajstić information content (AvgIpc) is 2.71. The van der Waals surface area contributed by atoms with E-state index in [1.807, 2.05) is 49.4 Å². The molecule has 0 radical (unpaired) electrons. The molecule has 29 heavy (non-hydrogen) atoms. The van der Waals surface area contributed by atoms with Crippen LogP contribution in [0.1, 0.15) is 46.6 Å². The molecule has 0 aliphatic rings. The number of rotatable bonds is 8. The summed E-state index contributed by atoms with van der Waals surface area (Å²) in [4.78, 5) is 38.5. The predicted molar refractivity (Wildman–Crippen MR) is 111 cm³/mol. The van der Waals surface area contributed by atoms with Crippen molar-refractivity contribution in [2.24, 2.45) is 0 Å². The lowest BCUT2D eigenvalue weighted by atomic mass is 10.0. The third-order valence-electron chi connectivity index (χ3n) is 4.83. The first kappa shape index (κ1) is 20.5. The Morgan fingerprint density at radius 3 is 2.31 bits per heavy atom. The lowest BCUT2D eigenvalue weighted by Crippen LogP contribution is -2.36. The van der Waals surface area contributed by atoms with Gasteiger partial charge < -0.3 is 4.74 Å². The van der Waals surface area contributed by atoms with Gasteiger partial charge in [0.15, 0.2) is 5.78 Å². The topological polar surface area (TPSA) is 81.2 Å². The van der Waals surface area contributed by atoms with Gasteiger partial charge in [-0.1, -0.05) is 61.5 Å². The molecule has 150 valence electrons. The van der Waals surface area contributed by atoms with Gasteiger partial charge in [0.1, 0.15) is 6.73 Å². The summed E-state index contributed by atoms with van der Waals surface area (Å²) in [6, 6.07) is 16.9. The fraction of sp³-hybridized carbons (Fsp3) is 0.261. The molecule has 2 aromatic carbocycles. The number of ketones is 1. The summed E-state index contributed by atoms with van der Waals surface area (Å²) in [5, 5.41) is 0. The van der Waals surface area contributed by atoms with Crippen LogP contribution in [0, 0.1) is 0 Å². The number of Topliss-reactive ketones (excluding diaryl/α,β-unsaturated/α-hetero) is 1. The molecule has 0 atom stereocenters. The number of H-pyrrole nitrogens is 1. The van der Waals surface area contributed by atoms with Gasteiger partial charge in [0.25, 0.3) is 5.56 Å². The van der Waals surface area contributed by atoms with Crippen molar-refractivity contribution in [3.05, 3.63) is 103 Å². The Kier molecular flexibility index (Phi) is 6.57. The number of hydrogen-bond acceptors (Lipinski definition) is 4. The molecule has 0 saturated heterocycles. The van der Waals surface area contributed by atoms with Gasteiger partial charge in [-0.15, -0.1) is 0 Å². The maximum Gasteiger partial charge on any atom is 0.330 e. The Morgan fingerprint density at radius 1 is 1.00 bits per heavy atom. The van der Waals surface area contributed by atoms with Crippen molar-refractivity contribution in [2.75, 3.05) is 0 Å². The highest BCUT2D eigenvalue weighted by atomic mass is 16.5. The number of ether oxygens (including phenoxy) is 1. The molecular formula is C23H24N2O4. The second-order valence-electron chi connectivity index (χ2n) is 6.86. The van der Waals surface area contributed by atoms with Crippen molar-refractivity contribution in [1.82, 2.24) is 9.55 Å². The maximum absolute atomic E-state index is 12.5. The monoisotopic (exact) mass is 392 g/mol. The first-order valence-corrected chi connectivity index (χ1v) is 9.56. The first-order valence-electron chi connectivity index (χ1n) is 9.56. The lowest BCUT2D eigenvalue weighted by molar-refractivity contribution is 0.0589. The number of hydrogen-bond donors (Lipinski definition) is 1. The fourth-order valence-corrected chi connectivity index (χ4v) is 3.24. The molecule has 0 spiro atoms. The number of aromatic amines is 1. The van der Waals surface area contributed by atoms with Gasteiger partial charge in [0, 0.05) is 23.2 Å². The molecule has 6 nitrogen and oxygen atoms in total. The smallest absolute Gasteiger partial charge is 0.330 e. The predicted octanol–water partition coefficient (Wildman–Crippen LogP) is 3.07. The van der Waals surface area contributed by atoms with Crippen LogP contribution in [0.25, 0.3) is 0 Å². The van der Waals surface area contributed by atoms with E-state index in [1.54, 1.807) is 12.1 Å². The molecule has 0 unspecified atom stereocenters. The summed E-state index contributed by atoms with van der Waals surface area (Å²) in [5.74, 6) is 0.00918. The van der Waals surface area contributed by atoms with Crippen molar-refractivity contribution >= 4 is 5.78 Å². The molecule has 1 N–H and O–H groups in total. The Morgan fingerprint density at radius 2 is 1.69 bits per heavy atom. The highest BCUT2D eigenvalue weighted by Crippen LogP contribution is 2.12. The first-order chi connectivity index (χ1) is 14.0. The quantitative estimate of drug-likeness (QED) is 0.598. The molecule has 6 heteroatoms. The number of carbonyl (C=O) groups excluding carboxylic acids is 1. The Hall–Kier alpha value is -3.25. The van der Waals surface area contributed by atoms with Crippen LogP contribution >= 0.6 is 0 Å². The van der Waals surface area contributed by atoms with Crippen LogP contribution in [0.2, 0.25) is 0 Å². The van der Waals surface area contributed by atoms with E-state index in [-0.39, 0.29) is 24.7 Å². The van der Waals surface area contributed by atoms with E-state index in [0.29, 0.717) is 29.7 Å². The zero-order chi connectivity index (χ0) is 20.8. The van der Waals surface area contributed by atoms with E-state index < -0.39 is 5.69 Å². The fourth-order valence-electron chi connectivity index (χ4n) is 3.24. The largest absolute Gasteiger partial charge is 0.356 e. The summed E-state index contributed by atoms with van der Waals surface area (Å²) in [6.07, 6.45) is 0.990. The van der Waals surface area contributed by atoms with Crippen molar-refractivity contribution in [3.63, 3.8) is 0 Å². The molecular weight excluding hydrogens is 368 g/mol. The van der Waals surface area contributed by atoms with E-state index >= 15 is 0 Å². The van der Waals surface area contributed by atoms with E-state index in [0.717, 1.165) is 11.1 Å². The molecule has 0 aliphatic carbocycles. The number of carbonyl (C=O) groups is 1. The summed E-state index contributed by atoms with van der Waals surface area (Å²) < 4.78 is 7.24. The van der Waals surface area contributed by atoms with E-state index in [4.69, 9.17) is 4.74 Å². The van der Waals surface area contributed by atoms with Gasteiger partial charge in [0.05, 0.1) is 6.61 Å². The third-order valence-corrected chi connectivity index (χ3v) is 4.83. The van der Waals surface area contributed by atoms with Gasteiger partial charge in [0.2, 0.25) is 0 Å². The standard InChI is InChI=1S/C23H24N2O4/c1-3-20-21(13-17-7-5-4-6-8-17)25(23(28)24-22(20)27)15-29-14-18-9-11-19(12-10-18)16(2)26/h4-12H,3,13-15H2,1-2H3,(H,24,27,28). The summed E-state index contributed by atoms with van der Waals surface area (Å²) >= 11 is 0. The lowest BCUT2D eigenvalue weighted by Gasteiger charge is -2.16. The minimum absolute atomic E-state index is 0.00918. The molecule has 3 rings (SSSR count). The van der Waals surface area contributed by atoms with Crippen molar-refractivity contribution in [1.29, 1.82) is 0 Å². The van der Waals surface area contributed by atoms with E-state index in [2.05, 4.69) is 4.98 Å². The minimum atomic E-state index is -0.481. The van der Waals surface area contributed by atoms with Gasteiger partial charge in [-0.25, -0.2) is 4.79 Å². The molecule has 0 bridgehead atoms. The highest BCUT2D eigenvalue weighted by molar-refractivity contribution is 5.93. The maximum atomic E-state index is 12.5. The van der Waals surface area contributed by atoms with Crippen LogP contribution in [0.4, 0.5) is 0 Å².